The number of cyclic esters (lactones) is 1. The minimum atomic E-state index is -0.509. The fraction of sp³-hybridized carbons (Fsp3) is 0.435. The second-order valence-electron chi connectivity index (χ2n) is 7.36. The third-order valence-corrected chi connectivity index (χ3v) is 5.18. The molecule has 7 nitrogen and oxygen atoms in total. The fourth-order valence-electron chi connectivity index (χ4n) is 3.43. The second kappa shape index (κ2) is 10.2. The van der Waals surface area contributed by atoms with Gasteiger partial charge in [0.1, 0.15) is 35.2 Å². The summed E-state index contributed by atoms with van der Waals surface area (Å²) in [6.45, 7) is 1.83. The molecule has 0 aromatic heterocycles. The van der Waals surface area contributed by atoms with Crippen molar-refractivity contribution >= 4 is 5.97 Å². The van der Waals surface area contributed by atoms with E-state index in [1.807, 2.05) is 55.5 Å². The van der Waals surface area contributed by atoms with Gasteiger partial charge in [-0.05, 0) is 68.3 Å². The quantitative estimate of drug-likeness (QED) is 0.728. The van der Waals surface area contributed by atoms with Crippen LogP contribution >= 0.6 is 0 Å². The zero-order valence-electron chi connectivity index (χ0n) is 17.7. The first-order valence-corrected chi connectivity index (χ1v) is 10.1. The molecule has 0 aliphatic carbocycles. The summed E-state index contributed by atoms with van der Waals surface area (Å²) in [5, 5.41) is 0. The van der Waals surface area contributed by atoms with Crippen LogP contribution in [0.25, 0.3) is 0 Å². The largest absolute Gasteiger partial charge is 0.497 e. The number of esters is 1. The van der Waals surface area contributed by atoms with Crippen LogP contribution in [-0.4, -0.2) is 44.5 Å². The summed E-state index contributed by atoms with van der Waals surface area (Å²) in [5.74, 6) is 2.54. The lowest BCUT2D eigenvalue weighted by molar-refractivity contribution is -0.410. The molecule has 1 fully saturated rings. The Morgan fingerprint density at radius 3 is 1.87 bits per heavy atom. The summed E-state index contributed by atoms with van der Waals surface area (Å²) in [7, 11) is 3.24. The molecule has 0 spiro atoms. The molecule has 1 saturated heterocycles. The van der Waals surface area contributed by atoms with E-state index >= 15 is 0 Å². The average molecular weight is 416 g/mol. The molecule has 1 heterocycles. The van der Waals surface area contributed by atoms with Crippen LogP contribution in [-0.2, 0) is 9.53 Å². The second-order valence-corrected chi connectivity index (χ2v) is 7.36. The van der Waals surface area contributed by atoms with Gasteiger partial charge in [0, 0.05) is 6.42 Å². The highest BCUT2D eigenvalue weighted by Gasteiger charge is 2.36. The van der Waals surface area contributed by atoms with Gasteiger partial charge in [-0.15, -0.1) is 0 Å². The molecular weight excluding hydrogens is 386 g/mol. The monoisotopic (exact) mass is 416 g/mol. The number of rotatable bonds is 6. The SMILES string of the molecule is COc1ccc(O[C@H]2[C@H](C)OC(=O)[C@@H]([NH3+])CCC[C@@H]2Oc2ccc(OC)cc2)cc1. The molecule has 162 valence electrons. The molecule has 0 unspecified atom stereocenters. The van der Waals surface area contributed by atoms with Gasteiger partial charge in [0.25, 0.3) is 0 Å². The average Bonchev–Trinajstić information content (AvgIpc) is 2.81. The van der Waals surface area contributed by atoms with Crippen molar-refractivity contribution in [2.24, 2.45) is 0 Å². The third-order valence-electron chi connectivity index (χ3n) is 5.18. The van der Waals surface area contributed by atoms with Gasteiger partial charge in [-0.25, -0.2) is 4.79 Å². The standard InChI is InChI=1S/C23H29NO6/c1-15-22(30-19-13-9-17(27-3)10-14-19)21(6-4-5-20(24)23(25)28-15)29-18-11-7-16(26-2)8-12-18/h7-15,20-22H,4-6,24H2,1-3H3/p+1/t15-,20-,21-,22-/m0/s1. The van der Waals surface area contributed by atoms with Crippen molar-refractivity contribution in [3.8, 4) is 23.0 Å². The zero-order chi connectivity index (χ0) is 21.5. The first-order valence-electron chi connectivity index (χ1n) is 10.1. The van der Waals surface area contributed by atoms with Gasteiger partial charge in [-0.3, -0.25) is 0 Å². The molecule has 1 aliphatic rings. The summed E-state index contributed by atoms with van der Waals surface area (Å²) >= 11 is 0. The van der Waals surface area contributed by atoms with Crippen molar-refractivity contribution in [1.82, 2.24) is 0 Å². The Bertz CT molecular complexity index is 807. The van der Waals surface area contributed by atoms with Crippen LogP contribution in [0.5, 0.6) is 23.0 Å². The topological polar surface area (TPSA) is 90.9 Å². The van der Waals surface area contributed by atoms with E-state index in [9.17, 15) is 4.79 Å². The number of carbonyl (C=O) groups excluding carboxylic acids is 1. The molecule has 7 heteroatoms. The van der Waals surface area contributed by atoms with Crippen molar-refractivity contribution in [2.75, 3.05) is 14.2 Å². The van der Waals surface area contributed by atoms with E-state index in [-0.39, 0.29) is 12.1 Å². The Hall–Kier alpha value is -2.93. The van der Waals surface area contributed by atoms with E-state index in [1.54, 1.807) is 14.2 Å². The molecular formula is C23H30NO6+. The number of hydrogen-bond donors (Lipinski definition) is 1. The number of carbonyl (C=O) groups is 1. The zero-order valence-corrected chi connectivity index (χ0v) is 17.7. The first kappa shape index (κ1) is 21.8. The highest BCUT2D eigenvalue weighted by atomic mass is 16.6. The van der Waals surface area contributed by atoms with E-state index in [0.29, 0.717) is 24.3 Å². The Balaban J connectivity index is 1.84. The number of ether oxygens (including phenoxy) is 5. The smallest absolute Gasteiger partial charge is 0.365 e. The number of hydrogen-bond acceptors (Lipinski definition) is 6. The van der Waals surface area contributed by atoms with Crippen molar-refractivity contribution in [3.05, 3.63) is 48.5 Å². The van der Waals surface area contributed by atoms with Gasteiger partial charge in [0.2, 0.25) is 0 Å². The predicted octanol–water partition coefficient (Wildman–Crippen LogP) is 2.62. The molecule has 0 amide bonds. The van der Waals surface area contributed by atoms with E-state index in [4.69, 9.17) is 23.7 Å². The lowest BCUT2D eigenvalue weighted by Gasteiger charge is -2.31. The normalized spacial score (nSPS) is 24.6. The van der Waals surface area contributed by atoms with Crippen LogP contribution < -0.4 is 24.7 Å². The molecule has 0 saturated carbocycles. The lowest BCUT2D eigenvalue weighted by Crippen LogP contribution is -2.65. The number of methoxy groups -OCH3 is 2. The Kier molecular flexibility index (Phi) is 7.41. The molecule has 30 heavy (non-hydrogen) atoms. The summed E-state index contributed by atoms with van der Waals surface area (Å²) in [6, 6.07) is 14.3. The highest BCUT2D eigenvalue weighted by Crippen LogP contribution is 2.27. The van der Waals surface area contributed by atoms with E-state index in [2.05, 4.69) is 5.73 Å². The summed E-state index contributed by atoms with van der Waals surface area (Å²) in [6.07, 6.45) is 0.816. The maximum Gasteiger partial charge on any atom is 0.365 e. The van der Waals surface area contributed by atoms with Crippen LogP contribution in [0.2, 0.25) is 0 Å². The molecule has 2 aromatic rings. The molecule has 1 aliphatic heterocycles. The molecule has 2 aromatic carbocycles. The molecule has 4 atom stereocenters. The van der Waals surface area contributed by atoms with Gasteiger partial charge in [-0.2, -0.15) is 0 Å². The molecule has 0 bridgehead atoms. The first-order chi connectivity index (χ1) is 14.5. The van der Waals surface area contributed by atoms with Crippen molar-refractivity contribution in [3.63, 3.8) is 0 Å². The fourth-order valence-corrected chi connectivity index (χ4v) is 3.43. The predicted molar refractivity (Wildman–Crippen MR) is 111 cm³/mol. The summed E-state index contributed by atoms with van der Waals surface area (Å²) < 4.78 is 28.7. The maximum absolute atomic E-state index is 12.3. The van der Waals surface area contributed by atoms with Gasteiger partial charge in [0.05, 0.1) is 14.2 Å². The third kappa shape index (κ3) is 5.57. The maximum atomic E-state index is 12.3. The van der Waals surface area contributed by atoms with Gasteiger partial charge < -0.3 is 29.4 Å². The van der Waals surface area contributed by atoms with Crippen molar-refractivity contribution in [1.29, 1.82) is 0 Å². The van der Waals surface area contributed by atoms with Gasteiger partial charge in [0.15, 0.2) is 12.1 Å². The minimum Gasteiger partial charge on any atom is -0.497 e. The molecule has 0 radical (unpaired) electrons. The van der Waals surface area contributed by atoms with Crippen molar-refractivity contribution in [2.45, 2.75) is 50.5 Å². The van der Waals surface area contributed by atoms with Crippen LogP contribution in [0, 0.1) is 0 Å². The molecule has 3 N–H and O–H groups in total. The Morgan fingerprint density at radius 1 is 0.833 bits per heavy atom. The van der Waals surface area contributed by atoms with Crippen LogP contribution in [0.1, 0.15) is 26.2 Å². The Morgan fingerprint density at radius 2 is 1.33 bits per heavy atom. The highest BCUT2D eigenvalue weighted by molar-refractivity contribution is 5.74. The van der Waals surface area contributed by atoms with E-state index in [1.165, 1.54) is 0 Å². The lowest BCUT2D eigenvalue weighted by atomic mass is 10.0. The number of quaternary nitrogens is 1. The van der Waals surface area contributed by atoms with Crippen molar-refractivity contribution < 1.29 is 34.2 Å². The summed E-state index contributed by atoms with van der Waals surface area (Å²) in [5.41, 5.74) is 3.93. The number of benzene rings is 2. The summed E-state index contributed by atoms with van der Waals surface area (Å²) in [4.78, 5) is 12.3. The van der Waals surface area contributed by atoms with E-state index in [0.717, 1.165) is 17.9 Å². The van der Waals surface area contributed by atoms with Gasteiger partial charge >= 0.3 is 5.97 Å². The Labute approximate surface area is 177 Å². The molecule has 3 rings (SSSR count). The van der Waals surface area contributed by atoms with Gasteiger partial charge in [-0.1, -0.05) is 0 Å². The van der Waals surface area contributed by atoms with Crippen LogP contribution in [0.3, 0.4) is 0 Å². The van der Waals surface area contributed by atoms with Crippen LogP contribution in [0.4, 0.5) is 0 Å². The van der Waals surface area contributed by atoms with Crippen LogP contribution in [0.15, 0.2) is 48.5 Å². The van der Waals surface area contributed by atoms with E-state index < -0.39 is 18.2 Å². The minimum absolute atomic E-state index is 0.309.